The van der Waals surface area contributed by atoms with E-state index in [0.717, 1.165) is 11.1 Å². The second-order valence-electron chi connectivity index (χ2n) is 5.86. The van der Waals surface area contributed by atoms with Gasteiger partial charge in [-0.1, -0.05) is 23.7 Å². The van der Waals surface area contributed by atoms with E-state index >= 15 is 0 Å². The maximum atomic E-state index is 12.1. The van der Waals surface area contributed by atoms with Gasteiger partial charge in [0, 0.05) is 16.3 Å². The fourth-order valence-corrected chi connectivity index (χ4v) is 2.69. The van der Waals surface area contributed by atoms with E-state index in [0.29, 0.717) is 5.69 Å². The Morgan fingerprint density at radius 2 is 1.64 bits per heavy atom. The van der Waals surface area contributed by atoms with Gasteiger partial charge in [-0.15, -0.1) is 0 Å². The van der Waals surface area contributed by atoms with Crippen LogP contribution in [0, 0.1) is 0 Å². The largest absolute Gasteiger partial charge is 0.478 e. The number of hydrogen-bond donors (Lipinski definition) is 3. The van der Waals surface area contributed by atoms with E-state index in [9.17, 15) is 19.5 Å². The molecule has 142 valence electrons. The third kappa shape index (κ3) is 4.77. The van der Waals surface area contributed by atoms with Crippen LogP contribution >= 0.6 is 11.6 Å². The molecule has 3 rings (SSSR count). The van der Waals surface area contributed by atoms with Crippen LogP contribution in [0.3, 0.4) is 0 Å². The Bertz CT molecular complexity index is 1010. The molecule has 0 aliphatic heterocycles. The Hall–Kier alpha value is -3.58. The van der Waals surface area contributed by atoms with Crippen molar-refractivity contribution in [1.82, 2.24) is 0 Å². The van der Waals surface area contributed by atoms with Crippen molar-refractivity contribution in [2.45, 2.75) is 6.42 Å². The van der Waals surface area contributed by atoms with Gasteiger partial charge in [0.1, 0.15) is 6.42 Å². The summed E-state index contributed by atoms with van der Waals surface area (Å²) in [6.07, 6.45) is 2.71. The summed E-state index contributed by atoms with van der Waals surface area (Å²) in [5, 5.41) is 14.4. The van der Waals surface area contributed by atoms with Gasteiger partial charge in [-0.3, -0.25) is 9.59 Å². The first kappa shape index (κ1) is 19.2. The molecule has 3 aromatic rings. The van der Waals surface area contributed by atoms with Crippen molar-refractivity contribution in [1.29, 1.82) is 0 Å². The van der Waals surface area contributed by atoms with E-state index in [1.165, 1.54) is 18.2 Å². The van der Waals surface area contributed by atoms with Crippen molar-refractivity contribution in [2.75, 3.05) is 10.6 Å². The van der Waals surface area contributed by atoms with Crippen molar-refractivity contribution in [3.05, 3.63) is 71.6 Å². The van der Waals surface area contributed by atoms with Crippen molar-refractivity contribution >= 4 is 40.8 Å². The van der Waals surface area contributed by atoms with Crippen LogP contribution in [-0.2, 0) is 9.59 Å². The molecule has 0 unspecified atom stereocenters. The van der Waals surface area contributed by atoms with Gasteiger partial charge >= 0.3 is 5.97 Å². The van der Waals surface area contributed by atoms with Gasteiger partial charge in [0.05, 0.1) is 23.8 Å². The highest BCUT2D eigenvalue weighted by Crippen LogP contribution is 2.22. The molecule has 0 radical (unpaired) electrons. The summed E-state index contributed by atoms with van der Waals surface area (Å²) in [4.78, 5) is 35.4. The average molecular weight is 399 g/mol. The Kier molecular flexibility index (Phi) is 5.76. The molecule has 2 aromatic carbocycles. The van der Waals surface area contributed by atoms with Gasteiger partial charge in [-0.2, -0.15) is 0 Å². The fraction of sp³-hybridized carbons (Fsp3) is 0.0500. The smallest absolute Gasteiger partial charge is 0.337 e. The van der Waals surface area contributed by atoms with Gasteiger partial charge in [-0.05, 0) is 42.0 Å². The summed E-state index contributed by atoms with van der Waals surface area (Å²) in [5.41, 5.74) is 2.28. The first-order valence-electron chi connectivity index (χ1n) is 8.17. The van der Waals surface area contributed by atoms with Crippen LogP contribution < -0.4 is 10.6 Å². The Morgan fingerprint density at radius 1 is 0.929 bits per heavy atom. The number of aromatic carboxylic acids is 1. The molecule has 8 heteroatoms. The first-order valence-corrected chi connectivity index (χ1v) is 8.55. The van der Waals surface area contributed by atoms with E-state index in [1.807, 2.05) is 18.2 Å². The van der Waals surface area contributed by atoms with Gasteiger partial charge < -0.3 is 20.2 Å². The van der Waals surface area contributed by atoms with Crippen LogP contribution in [0.4, 0.5) is 11.4 Å². The van der Waals surface area contributed by atoms with Crippen LogP contribution in [0.25, 0.3) is 11.1 Å². The van der Waals surface area contributed by atoms with E-state index in [4.69, 9.17) is 16.0 Å². The zero-order valence-electron chi connectivity index (χ0n) is 14.4. The Labute approximate surface area is 164 Å². The van der Waals surface area contributed by atoms with Crippen LogP contribution in [0.1, 0.15) is 16.8 Å². The molecule has 0 saturated carbocycles. The number of halogens is 1. The zero-order valence-corrected chi connectivity index (χ0v) is 15.2. The average Bonchev–Trinajstić information content (AvgIpc) is 3.18. The van der Waals surface area contributed by atoms with E-state index in [1.54, 1.807) is 24.7 Å². The molecule has 2 amide bonds. The SMILES string of the molecule is O=C(CC(=O)Nc1ccc(Cl)cc1C(=O)O)Nc1ccc(-c2ccoc2)cc1. The second-order valence-corrected chi connectivity index (χ2v) is 6.29. The van der Waals surface area contributed by atoms with Gasteiger partial charge in [0.2, 0.25) is 11.8 Å². The monoisotopic (exact) mass is 398 g/mol. The summed E-state index contributed by atoms with van der Waals surface area (Å²) in [6, 6.07) is 12.9. The number of nitrogens with one attached hydrogen (secondary N) is 2. The predicted molar refractivity (Wildman–Crippen MR) is 104 cm³/mol. The molecule has 0 saturated heterocycles. The molecular weight excluding hydrogens is 384 g/mol. The molecule has 0 spiro atoms. The molecule has 28 heavy (non-hydrogen) atoms. The van der Waals surface area contributed by atoms with E-state index in [2.05, 4.69) is 10.6 Å². The zero-order chi connectivity index (χ0) is 20.1. The number of anilines is 2. The number of carbonyl (C=O) groups is 3. The second kappa shape index (κ2) is 8.41. The van der Waals surface area contributed by atoms with Crippen LogP contribution in [-0.4, -0.2) is 22.9 Å². The molecule has 0 atom stereocenters. The number of hydrogen-bond acceptors (Lipinski definition) is 4. The summed E-state index contributed by atoms with van der Waals surface area (Å²) >= 11 is 5.77. The molecule has 1 aromatic heterocycles. The van der Waals surface area contributed by atoms with Gasteiger partial charge in [0.15, 0.2) is 0 Å². The Balaban J connectivity index is 1.59. The highest BCUT2D eigenvalue weighted by atomic mass is 35.5. The van der Waals surface area contributed by atoms with Crippen LogP contribution in [0.2, 0.25) is 5.02 Å². The van der Waals surface area contributed by atoms with Crippen LogP contribution in [0.5, 0.6) is 0 Å². The number of benzene rings is 2. The number of carboxylic acids is 1. The number of carbonyl (C=O) groups excluding carboxylic acids is 2. The molecule has 0 fully saturated rings. The lowest BCUT2D eigenvalue weighted by Gasteiger charge is -2.09. The lowest BCUT2D eigenvalue weighted by Crippen LogP contribution is -2.22. The molecule has 7 nitrogen and oxygen atoms in total. The number of furan rings is 1. The summed E-state index contributed by atoms with van der Waals surface area (Å²) < 4.78 is 5.03. The number of carboxylic acid groups (broad SMARTS) is 1. The number of amides is 2. The minimum Gasteiger partial charge on any atom is -0.478 e. The van der Waals surface area contributed by atoms with Crippen molar-refractivity contribution in [2.24, 2.45) is 0 Å². The minimum atomic E-state index is -1.24. The summed E-state index contributed by atoms with van der Waals surface area (Å²) in [5.74, 6) is -2.41. The van der Waals surface area contributed by atoms with Crippen molar-refractivity contribution in [3.8, 4) is 11.1 Å². The molecule has 0 aliphatic rings. The number of rotatable bonds is 6. The summed E-state index contributed by atoms with van der Waals surface area (Å²) in [7, 11) is 0. The summed E-state index contributed by atoms with van der Waals surface area (Å²) in [6.45, 7) is 0. The standard InChI is InChI=1S/C20H15ClN2O5/c21-14-3-6-17(16(9-14)20(26)27)23-19(25)10-18(24)22-15-4-1-12(2-5-15)13-7-8-28-11-13/h1-9,11H,10H2,(H,22,24)(H,23,25)(H,26,27). The molecular formula is C20H15ClN2O5. The third-order valence-corrected chi connectivity index (χ3v) is 4.07. The van der Waals surface area contributed by atoms with Gasteiger partial charge in [0.25, 0.3) is 0 Å². The highest BCUT2D eigenvalue weighted by molar-refractivity contribution is 6.31. The minimum absolute atomic E-state index is 0.0687. The Morgan fingerprint density at radius 3 is 2.29 bits per heavy atom. The lowest BCUT2D eigenvalue weighted by molar-refractivity contribution is -0.123. The van der Waals surface area contributed by atoms with Crippen LogP contribution in [0.15, 0.2) is 65.5 Å². The van der Waals surface area contributed by atoms with Gasteiger partial charge in [-0.25, -0.2) is 4.79 Å². The fourth-order valence-electron chi connectivity index (χ4n) is 2.52. The quantitative estimate of drug-likeness (QED) is 0.537. The first-order chi connectivity index (χ1) is 13.4. The van der Waals surface area contributed by atoms with E-state index in [-0.39, 0.29) is 16.3 Å². The normalized spacial score (nSPS) is 10.3. The lowest BCUT2D eigenvalue weighted by atomic mass is 10.1. The van der Waals surface area contributed by atoms with Crippen molar-refractivity contribution < 1.29 is 23.9 Å². The molecule has 1 heterocycles. The maximum absolute atomic E-state index is 12.1. The molecule has 0 bridgehead atoms. The van der Waals surface area contributed by atoms with Crippen molar-refractivity contribution in [3.63, 3.8) is 0 Å². The molecule has 0 aliphatic carbocycles. The highest BCUT2D eigenvalue weighted by Gasteiger charge is 2.15. The molecule has 3 N–H and O–H groups in total. The maximum Gasteiger partial charge on any atom is 0.337 e. The van der Waals surface area contributed by atoms with E-state index < -0.39 is 24.2 Å². The third-order valence-electron chi connectivity index (χ3n) is 3.83. The predicted octanol–water partition coefficient (Wildman–Crippen LogP) is 4.27. The topological polar surface area (TPSA) is 109 Å².